The van der Waals surface area contributed by atoms with Crippen molar-refractivity contribution < 1.29 is 24.6 Å². The monoisotopic (exact) mass is 437 g/mol. The van der Waals surface area contributed by atoms with Gasteiger partial charge in [0.1, 0.15) is 12.1 Å². The minimum atomic E-state index is -1.30. The number of aromatic nitrogens is 1. The summed E-state index contributed by atoms with van der Waals surface area (Å²) in [6, 6.07) is 0.516. The highest BCUT2D eigenvalue weighted by Gasteiger charge is 2.34. The van der Waals surface area contributed by atoms with Gasteiger partial charge in [0.15, 0.2) is 0 Å². The second kappa shape index (κ2) is 10.7. The molecule has 0 fully saturated rings. The van der Waals surface area contributed by atoms with E-state index in [0.717, 1.165) is 46.9 Å². The lowest BCUT2D eigenvalue weighted by atomic mass is 10.00. The maximum absolute atomic E-state index is 12.5. The Kier molecular flexibility index (Phi) is 8.52. The Labute approximate surface area is 181 Å². The third-order valence-electron chi connectivity index (χ3n) is 5.38. The van der Waals surface area contributed by atoms with Crippen LogP contribution in [0.25, 0.3) is 0 Å². The summed E-state index contributed by atoms with van der Waals surface area (Å²) < 4.78 is 1.87. The van der Waals surface area contributed by atoms with Crippen LogP contribution in [0.4, 0.5) is 4.79 Å². The molecule has 2 heterocycles. The summed E-state index contributed by atoms with van der Waals surface area (Å²) >= 11 is 1.53. The van der Waals surface area contributed by atoms with Gasteiger partial charge >= 0.3 is 12.1 Å². The number of unbranched alkanes of at least 4 members (excludes halogenated alkanes) is 2. The topological polar surface area (TPSA) is 112 Å². The molecule has 1 aliphatic rings. The number of hydrogen-bond donors (Lipinski definition) is 2. The number of likely N-dealkylation sites (N-methyl/N-ethyl adjacent to an activating group) is 1. The molecule has 2 amide bonds. The molecule has 0 saturated carbocycles. The van der Waals surface area contributed by atoms with Crippen LogP contribution in [0.3, 0.4) is 0 Å². The van der Waals surface area contributed by atoms with Gasteiger partial charge in [-0.05, 0) is 51.9 Å². The highest BCUT2D eigenvalue weighted by atomic mass is 32.2. The molecule has 1 aromatic heterocycles. The van der Waals surface area contributed by atoms with Crippen molar-refractivity contribution in [2.45, 2.75) is 76.3 Å². The fourth-order valence-corrected chi connectivity index (χ4v) is 4.54. The van der Waals surface area contributed by atoms with Crippen LogP contribution in [0.15, 0.2) is 16.0 Å². The molecular weight excluding hydrogens is 406 g/mol. The zero-order valence-corrected chi connectivity index (χ0v) is 18.9. The number of imide groups is 1. The number of amides is 2. The van der Waals surface area contributed by atoms with E-state index >= 15 is 0 Å². The van der Waals surface area contributed by atoms with Gasteiger partial charge in [-0.2, -0.15) is 0 Å². The molecule has 0 aromatic carbocycles. The number of aryl methyl sites for hydroxylation is 1. The predicted molar refractivity (Wildman–Crippen MR) is 117 cm³/mol. The van der Waals surface area contributed by atoms with Crippen molar-refractivity contribution in [3.63, 3.8) is 0 Å². The first-order chi connectivity index (χ1) is 14.3. The molecule has 0 aliphatic carbocycles. The number of fused-ring (bicyclic) bond motifs is 1. The third kappa shape index (κ3) is 5.06. The van der Waals surface area contributed by atoms with E-state index in [1.54, 1.807) is 13.8 Å². The molecule has 0 radical (unpaired) electrons. The van der Waals surface area contributed by atoms with Crippen molar-refractivity contribution in [3.05, 3.63) is 17.5 Å². The Morgan fingerprint density at radius 3 is 2.53 bits per heavy atom. The molecule has 0 spiro atoms. The van der Waals surface area contributed by atoms with Crippen molar-refractivity contribution in [3.8, 4) is 0 Å². The van der Waals surface area contributed by atoms with E-state index in [9.17, 15) is 24.6 Å². The quantitative estimate of drug-likeness (QED) is 0.445. The Hall–Kier alpha value is -2.29. The predicted octanol–water partition coefficient (Wildman–Crippen LogP) is 4.07. The first kappa shape index (κ1) is 24.0. The smallest absolute Gasteiger partial charge is 0.414 e. The lowest BCUT2D eigenvalue weighted by Crippen LogP contribution is -2.41. The van der Waals surface area contributed by atoms with E-state index in [-0.39, 0.29) is 6.54 Å². The molecule has 166 valence electrons. The summed E-state index contributed by atoms with van der Waals surface area (Å²) in [4.78, 5) is 42.1. The first-order valence-electron chi connectivity index (χ1n) is 10.4. The van der Waals surface area contributed by atoms with Crippen LogP contribution < -0.4 is 0 Å². The van der Waals surface area contributed by atoms with Gasteiger partial charge in [0, 0.05) is 17.1 Å². The Morgan fingerprint density at radius 2 is 2.00 bits per heavy atom. The molecule has 0 bridgehead atoms. The van der Waals surface area contributed by atoms with Gasteiger partial charge in [0.25, 0.3) is 5.91 Å². The van der Waals surface area contributed by atoms with Crippen LogP contribution in [0, 0.1) is 0 Å². The largest absolute Gasteiger partial charge is 0.480 e. The SMILES string of the molecule is CCCCCc1cc(SC)c2n1C(C(=O)O)CC/C2=N/C(C)C(=O)N(CC)C(=O)O. The van der Waals surface area contributed by atoms with Gasteiger partial charge in [-0.15, -0.1) is 11.8 Å². The van der Waals surface area contributed by atoms with E-state index in [1.165, 1.54) is 11.8 Å². The standard InChI is InChI=1S/C21H31N3O5S/c1-5-7-8-9-14-12-17(30-4)18-15(10-11-16(20(26)27)24(14)18)22-13(3)19(25)23(6-2)21(28)29/h12-13,16H,5-11H2,1-4H3,(H,26,27)(H,28,29)/b22-15-. The molecule has 2 atom stereocenters. The van der Waals surface area contributed by atoms with Crippen LogP contribution in [-0.4, -0.2) is 62.2 Å². The summed E-state index contributed by atoms with van der Waals surface area (Å²) in [6.07, 6.45) is 5.38. The number of rotatable bonds is 9. The molecule has 30 heavy (non-hydrogen) atoms. The van der Waals surface area contributed by atoms with E-state index in [4.69, 9.17) is 0 Å². The molecular formula is C21H31N3O5S. The van der Waals surface area contributed by atoms with Crippen molar-refractivity contribution in [1.82, 2.24) is 9.47 Å². The van der Waals surface area contributed by atoms with Gasteiger partial charge < -0.3 is 14.8 Å². The minimum absolute atomic E-state index is 0.0540. The second-order valence-electron chi connectivity index (χ2n) is 7.39. The van der Waals surface area contributed by atoms with E-state index in [0.29, 0.717) is 18.6 Å². The summed E-state index contributed by atoms with van der Waals surface area (Å²) in [5.41, 5.74) is 2.40. The van der Waals surface area contributed by atoms with Crippen molar-refractivity contribution >= 4 is 35.4 Å². The van der Waals surface area contributed by atoms with Crippen LogP contribution in [0.2, 0.25) is 0 Å². The summed E-state index contributed by atoms with van der Waals surface area (Å²) in [6.45, 7) is 5.36. The number of carbonyl (C=O) groups is 3. The number of carbonyl (C=O) groups excluding carboxylic acids is 1. The number of carboxylic acid groups (broad SMARTS) is 2. The average Bonchev–Trinajstić information content (AvgIpc) is 3.07. The third-order valence-corrected chi connectivity index (χ3v) is 6.13. The zero-order chi connectivity index (χ0) is 22.4. The van der Waals surface area contributed by atoms with Crippen LogP contribution in [0.5, 0.6) is 0 Å². The summed E-state index contributed by atoms with van der Waals surface area (Å²) in [5.74, 6) is -1.45. The Morgan fingerprint density at radius 1 is 1.30 bits per heavy atom. The molecule has 9 heteroatoms. The minimum Gasteiger partial charge on any atom is -0.480 e. The number of thioether (sulfide) groups is 1. The Balaban J connectivity index is 2.49. The van der Waals surface area contributed by atoms with Crippen LogP contribution >= 0.6 is 11.8 Å². The first-order valence-corrected chi connectivity index (χ1v) is 11.6. The molecule has 0 saturated heterocycles. The maximum atomic E-state index is 12.5. The number of carboxylic acids is 1. The Bertz CT molecular complexity index is 833. The van der Waals surface area contributed by atoms with E-state index in [1.807, 2.05) is 16.9 Å². The van der Waals surface area contributed by atoms with Gasteiger partial charge in [-0.25, -0.2) is 14.5 Å². The number of aliphatic carboxylic acids is 1. The molecule has 2 N–H and O–H groups in total. The van der Waals surface area contributed by atoms with Crippen molar-refractivity contribution in [1.29, 1.82) is 0 Å². The highest BCUT2D eigenvalue weighted by Crippen LogP contribution is 2.36. The molecule has 1 aromatic rings. The number of aliphatic imine (C=N–C) groups is 1. The molecule has 2 unspecified atom stereocenters. The highest BCUT2D eigenvalue weighted by molar-refractivity contribution is 7.98. The molecule has 2 rings (SSSR count). The van der Waals surface area contributed by atoms with Crippen molar-refractivity contribution in [2.75, 3.05) is 12.8 Å². The van der Waals surface area contributed by atoms with E-state index < -0.39 is 30.1 Å². The lowest BCUT2D eigenvalue weighted by molar-refractivity contribution is -0.141. The normalized spacial score (nSPS) is 18.1. The van der Waals surface area contributed by atoms with Gasteiger partial charge in [0.05, 0.1) is 11.4 Å². The fraction of sp³-hybridized carbons (Fsp3) is 0.619. The summed E-state index contributed by atoms with van der Waals surface area (Å²) in [5, 5.41) is 19.0. The summed E-state index contributed by atoms with van der Waals surface area (Å²) in [7, 11) is 0. The van der Waals surface area contributed by atoms with Gasteiger partial charge in [-0.3, -0.25) is 9.79 Å². The van der Waals surface area contributed by atoms with Crippen LogP contribution in [0.1, 0.15) is 70.3 Å². The number of nitrogens with zero attached hydrogens (tertiary/aromatic N) is 3. The van der Waals surface area contributed by atoms with Crippen LogP contribution in [-0.2, 0) is 16.0 Å². The van der Waals surface area contributed by atoms with E-state index in [2.05, 4.69) is 11.9 Å². The van der Waals surface area contributed by atoms with Gasteiger partial charge in [0.2, 0.25) is 0 Å². The zero-order valence-electron chi connectivity index (χ0n) is 18.1. The maximum Gasteiger partial charge on any atom is 0.414 e. The second-order valence-corrected chi connectivity index (χ2v) is 8.24. The van der Waals surface area contributed by atoms with Crippen molar-refractivity contribution in [2.24, 2.45) is 4.99 Å². The fourth-order valence-electron chi connectivity index (χ4n) is 3.87. The molecule has 8 nitrogen and oxygen atoms in total. The number of hydrogen-bond acceptors (Lipinski definition) is 5. The van der Waals surface area contributed by atoms with Gasteiger partial charge in [-0.1, -0.05) is 19.8 Å². The average molecular weight is 438 g/mol. The molecule has 1 aliphatic heterocycles. The lowest BCUT2D eigenvalue weighted by Gasteiger charge is -2.28.